The van der Waals surface area contributed by atoms with Crippen molar-refractivity contribution >= 4 is 17.5 Å². The van der Waals surface area contributed by atoms with Gasteiger partial charge in [0.2, 0.25) is 0 Å². The molecule has 1 aliphatic rings. The van der Waals surface area contributed by atoms with Gasteiger partial charge in [-0.15, -0.1) is 0 Å². The van der Waals surface area contributed by atoms with Gasteiger partial charge in [0.15, 0.2) is 0 Å². The van der Waals surface area contributed by atoms with E-state index >= 15 is 0 Å². The van der Waals surface area contributed by atoms with Crippen LogP contribution in [0.4, 0.5) is 18.9 Å². The van der Waals surface area contributed by atoms with E-state index in [0.717, 1.165) is 56.3 Å². The molecular weight excluding hydrogens is 489 g/mol. The minimum Gasteiger partial charge on any atom is -0.339 e. The van der Waals surface area contributed by atoms with Gasteiger partial charge in [-0.05, 0) is 43.5 Å². The zero-order valence-corrected chi connectivity index (χ0v) is 23.5. The number of rotatable bonds is 17. The van der Waals surface area contributed by atoms with Crippen molar-refractivity contribution in [2.45, 2.75) is 129 Å². The van der Waals surface area contributed by atoms with Gasteiger partial charge in [-0.25, -0.2) is 0 Å². The maximum absolute atomic E-state index is 13.3. The molecule has 0 bridgehead atoms. The number of likely N-dealkylation sites (tertiary alicyclic amines) is 1. The molecule has 2 rings (SSSR count). The smallest absolute Gasteiger partial charge is 0.339 e. The van der Waals surface area contributed by atoms with Gasteiger partial charge >= 0.3 is 12.1 Å². The van der Waals surface area contributed by atoms with Crippen LogP contribution in [0.2, 0.25) is 0 Å². The first-order valence-corrected chi connectivity index (χ1v) is 15.1. The Hall–Kier alpha value is -2.05. The first kappa shape index (κ1) is 32.2. The minimum atomic E-state index is -4.93. The molecule has 0 spiro atoms. The third-order valence-corrected chi connectivity index (χ3v) is 7.54. The molecule has 1 aromatic carbocycles. The summed E-state index contributed by atoms with van der Waals surface area (Å²) in [5, 5.41) is 0. The summed E-state index contributed by atoms with van der Waals surface area (Å²) in [6.45, 7) is 3.67. The summed E-state index contributed by atoms with van der Waals surface area (Å²) in [6, 6.07) is 6.03. The van der Waals surface area contributed by atoms with Gasteiger partial charge < -0.3 is 9.80 Å². The maximum atomic E-state index is 13.3. The summed E-state index contributed by atoms with van der Waals surface area (Å²) in [6.07, 6.45) is 15.5. The normalized spacial score (nSPS) is 14.4. The fourth-order valence-electron chi connectivity index (χ4n) is 5.21. The van der Waals surface area contributed by atoms with Gasteiger partial charge in [-0.2, -0.15) is 13.2 Å². The number of hydrogen-bond donors (Lipinski definition) is 0. The van der Waals surface area contributed by atoms with Crippen molar-refractivity contribution in [3.63, 3.8) is 0 Å². The average molecular weight is 539 g/mol. The molecule has 0 unspecified atom stereocenters. The van der Waals surface area contributed by atoms with Crippen LogP contribution in [-0.4, -0.2) is 42.5 Å². The zero-order valence-electron chi connectivity index (χ0n) is 23.5. The number of hydrogen-bond acceptors (Lipinski definition) is 2. The summed E-state index contributed by atoms with van der Waals surface area (Å²) in [5.41, 5.74) is 0.640. The second-order valence-electron chi connectivity index (χ2n) is 10.8. The standard InChI is InChI=1S/C31H49F3N2O2/c1-2-3-4-5-6-7-8-9-10-11-12-13-14-19-26-36(30(38)31(32,33)34)28-22-20-27(21-23-28)29(37)35-24-17-15-16-18-25-35/h20-23H,2-19,24-26H2,1H3. The molecule has 1 saturated heterocycles. The van der Waals surface area contributed by atoms with Crippen LogP contribution < -0.4 is 4.90 Å². The van der Waals surface area contributed by atoms with Crippen LogP contribution in [0.15, 0.2) is 24.3 Å². The summed E-state index contributed by atoms with van der Waals surface area (Å²) in [4.78, 5) is 27.6. The van der Waals surface area contributed by atoms with E-state index in [9.17, 15) is 22.8 Å². The number of anilines is 1. The zero-order chi connectivity index (χ0) is 27.6. The van der Waals surface area contributed by atoms with Crippen molar-refractivity contribution in [1.29, 1.82) is 0 Å². The molecule has 1 fully saturated rings. The Labute approximate surface area is 228 Å². The Morgan fingerprint density at radius 1 is 0.711 bits per heavy atom. The van der Waals surface area contributed by atoms with E-state index in [1.807, 2.05) is 4.90 Å². The van der Waals surface area contributed by atoms with E-state index in [0.29, 0.717) is 25.1 Å². The molecule has 0 N–H and O–H groups in total. The van der Waals surface area contributed by atoms with Gasteiger partial charge in [-0.3, -0.25) is 9.59 Å². The van der Waals surface area contributed by atoms with E-state index in [1.54, 1.807) is 12.1 Å². The van der Waals surface area contributed by atoms with Crippen molar-refractivity contribution in [2.24, 2.45) is 0 Å². The molecule has 0 radical (unpaired) electrons. The van der Waals surface area contributed by atoms with E-state index in [2.05, 4.69) is 6.92 Å². The largest absolute Gasteiger partial charge is 0.471 e. The molecule has 2 amide bonds. The molecular formula is C31H49F3N2O2. The van der Waals surface area contributed by atoms with Crippen LogP contribution in [0.5, 0.6) is 0 Å². The third-order valence-electron chi connectivity index (χ3n) is 7.54. The van der Waals surface area contributed by atoms with Crippen LogP contribution in [0.3, 0.4) is 0 Å². The van der Waals surface area contributed by atoms with E-state index < -0.39 is 12.1 Å². The number of halogens is 3. The first-order valence-electron chi connectivity index (χ1n) is 15.1. The highest BCUT2D eigenvalue weighted by Crippen LogP contribution is 2.25. The minimum absolute atomic E-state index is 0.0236. The lowest BCUT2D eigenvalue weighted by atomic mass is 10.0. The maximum Gasteiger partial charge on any atom is 0.471 e. The third kappa shape index (κ3) is 12.2. The lowest BCUT2D eigenvalue weighted by Gasteiger charge is -2.25. The van der Waals surface area contributed by atoms with Crippen molar-refractivity contribution < 1.29 is 22.8 Å². The number of carbonyl (C=O) groups excluding carboxylic acids is 2. The van der Waals surface area contributed by atoms with Gasteiger partial charge in [-0.1, -0.05) is 103 Å². The number of nitrogens with zero attached hydrogens (tertiary/aromatic N) is 2. The topological polar surface area (TPSA) is 40.6 Å². The Kier molecular flexibility index (Phi) is 15.5. The Balaban J connectivity index is 1.74. The predicted molar refractivity (Wildman–Crippen MR) is 150 cm³/mol. The predicted octanol–water partition coefficient (Wildman–Crippen LogP) is 9.08. The lowest BCUT2D eigenvalue weighted by Crippen LogP contribution is -2.42. The van der Waals surface area contributed by atoms with E-state index in [1.165, 1.54) is 69.9 Å². The molecule has 1 aromatic rings. The molecule has 0 atom stereocenters. The first-order chi connectivity index (χ1) is 18.3. The molecule has 4 nitrogen and oxygen atoms in total. The molecule has 1 heterocycles. The lowest BCUT2D eigenvalue weighted by molar-refractivity contribution is -0.170. The second kappa shape index (κ2) is 18.3. The van der Waals surface area contributed by atoms with Crippen molar-refractivity contribution in [1.82, 2.24) is 4.90 Å². The highest BCUT2D eigenvalue weighted by atomic mass is 19.4. The van der Waals surface area contributed by atoms with Crippen molar-refractivity contribution in [2.75, 3.05) is 24.5 Å². The number of benzene rings is 1. The summed E-state index contributed by atoms with van der Waals surface area (Å²) < 4.78 is 39.9. The number of amides is 2. The molecule has 0 aliphatic carbocycles. The summed E-state index contributed by atoms with van der Waals surface area (Å²) >= 11 is 0. The molecule has 216 valence electrons. The average Bonchev–Trinajstić information content (AvgIpc) is 3.20. The van der Waals surface area contributed by atoms with Gasteiger partial charge in [0.05, 0.1) is 0 Å². The summed E-state index contributed by atoms with van der Waals surface area (Å²) in [5.74, 6) is -1.95. The van der Waals surface area contributed by atoms with Crippen molar-refractivity contribution in [3.05, 3.63) is 29.8 Å². The number of unbranched alkanes of at least 4 members (excludes halogenated alkanes) is 13. The van der Waals surface area contributed by atoms with Gasteiger partial charge in [0.1, 0.15) is 0 Å². The Morgan fingerprint density at radius 3 is 1.61 bits per heavy atom. The van der Waals surface area contributed by atoms with Gasteiger partial charge in [0, 0.05) is 30.9 Å². The second-order valence-corrected chi connectivity index (χ2v) is 10.8. The molecule has 38 heavy (non-hydrogen) atoms. The van der Waals surface area contributed by atoms with Crippen LogP contribution in [0.25, 0.3) is 0 Å². The van der Waals surface area contributed by atoms with Gasteiger partial charge in [0.25, 0.3) is 5.91 Å². The molecule has 0 saturated carbocycles. The van der Waals surface area contributed by atoms with Crippen LogP contribution >= 0.6 is 0 Å². The monoisotopic (exact) mass is 538 g/mol. The molecule has 7 heteroatoms. The van der Waals surface area contributed by atoms with Crippen molar-refractivity contribution in [3.8, 4) is 0 Å². The number of carbonyl (C=O) groups is 2. The highest BCUT2D eigenvalue weighted by Gasteiger charge is 2.42. The molecule has 0 aromatic heterocycles. The SMILES string of the molecule is CCCCCCCCCCCCCCCCN(C(=O)C(F)(F)F)c1ccc(C(=O)N2CCCCCC2)cc1. The molecule has 1 aliphatic heterocycles. The fourth-order valence-corrected chi connectivity index (χ4v) is 5.21. The van der Waals surface area contributed by atoms with Crippen LogP contribution in [0, 0.1) is 0 Å². The quantitative estimate of drug-likeness (QED) is 0.186. The Bertz CT molecular complexity index is 787. The van der Waals surface area contributed by atoms with E-state index in [-0.39, 0.29) is 18.1 Å². The van der Waals surface area contributed by atoms with E-state index in [4.69, 9.17) is 0 Å². The highest BCUT2D eigenvalue weighted by molar-refractivity contribution is 5.98. The van der Waals surface area contributed by atoms with Crippen LogP contribution in [0.1, 0.15) is 133 Å². The fraction of sp³-hybridized carbons (Fsp3) is 0.742. The number of alkyl halides is 3. The summed E-state index contributed by atoms with van der Waals surface area (Å²) in [7, 11) is 0. The Morgan fingerprint density at radius 2 is 1.16 bits per heavy atom. The van der Waals surface area contributed by atoms with Crippen LogP contribution in [-0.2, 0) is 4.79 Å².